The van der Waals surface area contributed by atoms with E-state index in [1.54, 1.807) is 6.08 Å². The molecule has 2 aromatic rings. The minimum Gasteiger partial charge on any atom is -0.466 e. The SMILES string of the molecule is COC(=O)/C=C1\Nc2ccccc2C12CCCN(Cc1ccccc1)C2. The van der Waals surface area contributed by atoms with Gasteiger partial charge in [0.05, 0.1) is 12.5 Å². The molecule has 26 heavy (non-hydrogen) atoms. The first-order valence-electron chi connectivity index (χ1n) is 9.14. The van der Waals surface area contributed by atoms with Gasteiger partial charge < -0.3 is 10.1 Å². The van der Waals surface area contributed by atoms with Crippen molar-refractivity contribution in [2.24, 2.45) is 0 Å². The number of carbonyl (C=O) groups is 1. The van der Waals surface area contributed by atoms with Gasteiger partial charge in [-0.2, -0.15) is 0 Å². The lowest BCUT2D eigenvalue weighted by atomic mass is 9.73. The highest BCUT2D eigenvalue weighted by atomic mass is 16.5. The molecule has 1 atom stereocenters. The van der Waals surface area contributed by atoms with Crippen molar-refractivity contribution in [2.45, 2.75) is 24.8 Å². The number of hydrogen-bond donors (Lipinski definition) is 1. The zero-order valence-corrected chi connectivity index (χ0v) is 15.1. The molecule has 1 N–H and O–H groups in total. The molecule has 1 saturated heterocycles. The highest BCUT2D eigenvalue weighted by Crippen LogP contribution is 2.48. The maximum atomic E-state index is 12.0. The van der Waals surface area contributed by atoms with Gasteiger partial charge in [0.1, 0.15) is 0 Å². The van der Waals surface area contributed by atoms with Crippen molar-refractivity contribution in [1.29, 1.82) is 0 Å². The molecule has 4 heteroatoms. The summed E-state index contributed by atoms with van der Waals surface area (Å²) in [6, 6.07) is 19.0. The first-order valence-corrected chi connectivity index (χ1v) is 9.14. The number of anilines is 1. The molecular formula is C22H24N2O2. The van der Waals surface area contributed by atoms with Gasteiger partial charge in [0, 0.05) is 30.5 Å². The van der Waals surface area contributed by atoms with Gasteiger partial charge in [-0.15, -0.1) is 0 Å². The van der Waals surface area contributed by atoms with Crippen molar-refractivity contribution >= 4 is 11.7 Å². The number of para-hydroxylation sites is 1. The summed E-state index contributed by atoms with van der Waals surface area (Å²) >= 11 is 0. The van der Waals surface area contributed by atoms with Gasteiger partial charge in [-0.1, -0.05) is 48.5 Å². The van der Waals surface area contributed by atoms with E-state index < -0.39 is 0 Å². The van der Waals surface area contributed by atoms with Gasteiger partial charge in [-0.25, -0.2) is 4.79 Å². The number of esters is 1. The van der Waals surface area contributed by atoms with Gasteiger partial charge in [0.15, 0.2) is 0 Å². The number of ether oxygens (including phenoxy) is 1. The van der Waals surface area contributed by atoms with E-state index in [2.05, 4.69) is 58.7 Å². The van der Waals surface area contributed by atoms with E-state index in [0.717, 1.165) is 43.9 Å². The molecule has 134 valence electrons. The van der Waals surface area contributed by atoms with Gasteiger partial charge >= 0.3 is 5.97 Å². The Morgan fingerprint density at radius 2 is 1.96 bits per heavy atom. The summed E-state index contributed by atoms with van der Waals surface area (Å²) in [7, 11) is 1.43. The molecule has 2 aromatic carbocycles. The van der Waals surface area contributed by atoms with E-state index in [1.807, 2.05) is 6.07 Å². The number of nitrogens with one attached hydrogen (secondary N) is 1. The summed E-state index contributed by atoms with van der Waals surface area (Å²) < 4.78 is 4.90. The van der Waals surface area contributed by atoms with E-state index in [4.69, 9.17) is 4.74 Å². The monoisotopic (exact) mass is 348 g/mol. The van der Waals surface area contributed by atoms with Crippen LogP contribution in [0.3, 0.4) is 0 Å². The number of carbonyl (C=O) groups excluding carboxylic acids is 1. The highest BCUT2D eigenvalue weighted by Gasteiger charge is 2.46. The van der Waals surface area contributed by atoms with Gasteiger partial charge in [0.2, 0.25) is 0 Å². The summed E-state index contributed by atoms with van der Waals surface area (Å²) in [5.41, 5.74) is 4.50. The minimum absolute atomic E-state index is 0.169. The first-order chi connectivity index (χ1) is 12.7. The largest absolute Gasteiger partial charge is 0.466 e. The molecule has 2 aliphatic heterocycles. The smallest absolute Gasteiger partial charge is 0.332 e. The zero-order valence-electron chi connectivity index (χ0n) is 15.1. The van der Waals surface area contributed by atoms with Crippen LogP contribution in [0.4, 0.5) is 5.69 Å². The molecular weight excluding hydrogens is 324 g/mol. The Hall–Kier alpha value is -2.59. The van der Waals surface area contributed by atoms with E-state index in [-0.39, 0.29) is 11.4 Å². The third-order valence-electron chi connectivity index (χ3n) is 5.51. The van der Waals surface area contributed by atoms with Crippen LogP contribution in [-0.4, -0.2) is 31.1 Å². The average molecular weight is 348 g/mol. The molecule has 0 amide bonds. The fourth-order valence-corrected chi connectivity index (χ4v) is 4.33. The molecule has 2 heterocycles. The van der Waals surface area contributed by atoms with Gasteiger partial charge in [-0.3, -0.25) is 4.90 Å². The Kier molecular flexibility index (Phi) is 4.51. The van der Waals surface area contributed by atoms with E-state index in [1.165, 1.54) is 18.2 Å². The zero-order chi connectivity index (χ0) is 18.0. The molecule has 1 unspecified atom stereocenters. The molecule has 1 fully saturated rings. The second-order valence-electron chi connectivity index (χ2n) is 7.13. The summed E-state index contributed by atoms with van der Waals surface area (Å²) in [6.45, 7) is 2.90. The van der Waals surface area contributed by atoms with Crippen molar-refractivity contribution in [3.8, 4) is 0 Å². The lowest BCUT2D eigenvalue weighted by Gasteiger charge is -2.41. The van der Waals surface area contributed by atoms with Crippen molar-refractivity contribution in [3.63, 3.8) is 0 Å². The molecule has 1 spiro atoms. The lowest BCUT2D eigenvalue weighted by Crippen LogP contribution is -2.46. The maximum Gasteiger partial charge on any atom is 0.332 e. The van der Waals surface area contributed by atoms with E-state index >= 15 is 0 Å². The van der Waals surface area contributed by atoms with Gasteiger partial charge in [-0.05, 0) is 36.6 Å². The number of piperidine rings is 1. The molecule has 0 saturated carbocycles. The second kappa shape index (κ2) is 6.96. The van der Waals surface area contributed by atoms with Crippen LogP contribution in [0.15, 0.2) is 66.4 Å². The van der Waals surface area contributed by atoms with E-state index in [0.29, 0.717) is 0 Å². The molecule has 2 aliphatic rings. The lowest BCUT2D eigenvalue weighted by molar-refractivity contribution is -0.134. The number of rotatable bonds is 3. The van der Waals surface area contributed by atoms with Crippen LogP contribution in [0.25, 0.3) is 0 Å². The molecule has 0 radical (unpaired) electrons. The average Bonchev–Trinajstić information content (AvgIpc) is 2.95. The first kappa shape index (κ1) is 16.9. The third kappa shape index (κ3) is 3.01. The van der Waals surface area contributed by atoms with Crippen LogP contribution < -0.4 is 5.32 Å². The predicted molar refractivity (Wildman–Crippen MR) is 103 cm³/mol. The molecule has 0 bridgehead atoms. The molecule has 0 aliphatic carbocycles. The Balaban J connectivity index is 1.68. The Bertz CT molecular complexity index is 831. The third-order valence-corrected chi connectivity index (χ3v) is 5.51. The van der Waals surface area contributed by atoms with Crippen LogP contribution in [-0.2, 0) is 21.5 Å². The summed E-state index contributed by atoms with van der Waals surface area (Å²) in [5, 5.41) is 3.48. The quantitative estimate of drug-likeness (QED) is 0.678. The molecule has 4 rings (SSSR count). The number of hydrogen-bond acceptors (Lipinski definition) is 4. The summed E-state index contributed by atoms with van der Waals surface area (Å²) in [4.78, 5) is 14.5. The maximum absolute atomic E-state index is 12.0. The topological polar surface area (TPSA) is 41.6 Å². The summed E-state index contributed by atoms with van der Waals surface area (Å²) in [5.74, 6) is -0.306. The Morgan fingerprint density at radius 3 is 2.77 bits per heavy atom. The number of benzene rings is 2. The molecule has 4 nitrogen and oxygen atoms in total. The summed E-state index contributed by atoms with van der Waals surface area (Å²) in [6.07, 6.45) is 3.76. The van der Waals surface area contributed by atoms with Crippen molar-refractivity contribution in [3.05, 3.63) is 77.5 Å². The number of likely N-dealkylation sites (tertiary alicyclic amines) is 1. The Labute approximate surface area is 154 Å². The van der Waals surface area contributed by atoms with Crippen molar-refractivity contribution in [2.75, 3.05) is 25.5 Å². The van der Waals surface area contributed by atoms with Crippen molar-refractivity contribution < 1.29 is 9.53 Å². The fraction of sp³-hybridized carbons (Fsp3) is 0.318. The second-order valence-corrected chi connectivity index (χ2v) is 7.13. The van der Waals surface area contributed by atoms with Crippen LogP contribution in [0.5, 0.6) is 0 Å². The van der Waals surface area contributed by atoms with Crippen LogP contribution in [0, 0.1) is 0 Å². The number of methoxy groups -OCH3 is 1. The van der Waals surface area contributed by atoms with Crippen LogP contribution >= 0.6 is 0 Å². The number of fused-ring (bicyclic) bond motifs is 2. The normalized spacial score (nSPS) is 23.7. The highest BCUT2D eigenvalue weighted by molar-refractivity contribution is 5.86. The minimum atomic E-state index is -0.306. The van der Waals surface area contributed by atoms with Gasteiger partial charge in [0.25, 0.3) is 0 Å². The van der Waals surface area contributed by atoms with Crippen molar-refractivity contribution in [1.82, 2.24) is 4.90 Å². The standard InChI is InChI=1S/C22H24N2O2/c1-26-21(25)14-20-22(18-10-5-6-11-19(18)23-20)12-7-13-24(16-22)15-17-8-3-2-4-9-17/h2-6,8-11,14,23H,7,12-13,15-16H2,1H3/b20-14-. The fourth-order valence-electron chi connectivity index (χ4n) is 4.33. The van der Waals surface area contributed by atoms with Crippen LogP contribution in [0.1, 0.15) is 24.0 Å². The predicted octanol–water partition coefficient (Wildman–Crippen LogP) is 3.70. The van der Waals surface area contributed by atoms with E-state index in [9.17, 15) is 4.79 Å². The molecule has 0 aromatic heterocycles. The van der Waals surface area contributed by atoms with Crippen LogP contribution in [0.2, 0.25) is 0 Å². The Morgan fingerprint density at radius 1 is 1.19 bits per heavy atom. The number of nitrogens with zero attached hydrogens (tertiary/aromatic N) is 1.